The molecule has 27 heavy (non-hydrogen) atoms. The molecule has 0 spiro atoms. The van der Waals surface area contributed by atoms with E-state index in [1.807, 2.05) is 23.7 Å². The Bertz CT molecular complexity index is 764. The fourth-order valence-corrected chi connectivity index (χ4v) is 3.59. The summed E-state index contributed by atoms with van der Waals surface area (Å²) in [5.74, 6) is 0.299. The van der Waals surface area contributed by atoms with Crippen LogP contribution in [0.4, 0.5) is 16.2 Å². The largest absolute Gasteiger partial charge is 0.371 e. The third-order valence-electron chi connectivity index (χ3n) is 5.02. The smallest absolute Gasteiger partial charge is 0.319 e. The third-order valence-corrected chi connectivity index (χ3v) is 5.02. The zero-order valence-corrected chi connectivity index (χ0v) is 16.7. The molecular weight excluding hydrogens is 338 g/mol. The molecule has 0 aliphatic carbocycles. The lowest BCUT2D eigenvalue weighted by atomic mass is 10.1. The molecule has 1 aromatic heterocycles. The Morgan fingerprint density at radius 1 is 1.19 bits per heavy atom. The molecule has 6 heteroatoms. The Morgan fingerprint density at radius 2 is 1.96 bits per heavy atom. The first-order valence-electron chi connectivity index (χ1n) is 9.92. The normalized spacial score (nSPS) is 15.4. The Labute approximate surface area is 161 Å². The molecule has 1 aliphatic heterocycles. The van der Waals surface area contributed by atoms with E-state index in [1.165, 1.54) is 24.9 Å². The summed E-state index contributed by atoms with van der Waals surface area (Å²) in [5.41, 5.74) is 4.20. The van der Waals surface area contributed by atoms with Crippen LogP contribution in [-0.2, 0) is 6.54 Å². The van der Waals surface area contributed by atoms with Gasteiger partial charge in [-0.1, -0.05) is 13.0 Å². The van der Waals surface area contributed by atoms with E-state index >= 15 is 0 Å². The van der Waals surface area contributed by atoms with Gasteiger partial charge in [-0.3, -0.25) is 4.68 Å². The third kappa shape index (κ3) is 5.49. The van der Waals surface area contributed by atoms with Crippen LogP contribution in [0.15, 0.2) is 30.3 Å². The lowest BCUT2D eigenvalue weighted by Crippen LogP contribution is -2.34. The van der Waals surface area contributed by atoms with Gasteiger partial charge in [0.25, 0.3) is 0 Å². The number of nitrogens with zero attached hydrogens (tertiary/aromatic N) is 3. The van der Waals surface area contributed by atoms with Crippen LogP contribution in [-0.4, -0.2) is 35.4 Å². The molecule has 2 heterocycles. The molecule has 3 rings (SSSR count). The predicted octanol–water partition coefficient (Wildman–Crippen LogP) is 3.95. The zero-order valence-electron chi connectivity index (χ0n) is 16.7. The lowest BCUT2D eigenvalue weighted by molar-refractivity contribution is 0.249. The highest BCUT2D eigenvalue weighted by Gasteiger charge is 2.12. The number of anilines is 2. The van der Waals surface area contributed by atoms with E-state index in [1.54, 1.807) is 0 Å². The minimum absolute atomic E-state index is 0.161. The van der Waals surface area contributed by atoms with Crippen molar-refractivity contribution in [3.63, 3.8) is 0 Å². The van der Waals surface area contributed by atoms with Gasteiger partial charge in [-0.25, -0.2) is 4.79 Å². The molecule has 1 atom stereocenters. The summed E-state index contributed by atoms with van der Waals surface area (Å²) < 4.78 is 2.00. The molecule has 2 aromatic rings. The molecule has 1 unspecified atom stereocenters. The molecule has 0 bridgehead atoms. The number of piperidine rings is 1. The van der Waals surface area contributed by atoms with E-state index in [-0.39, 0.29) is 6.03 Å². The van der Waals surface area contributed by atoms with E-state index < -0.39 is 0 Å². The zero-order chi connectivity index (χ0) is 19.2. The van der Waals surface area contributed by atoms with Gasteiger partial charge in [0.15, 0.2) is 0 Å². The number of carbonyl (C=O) groups is 1. The minimum Gasteiger partial charge on any atom is -0.371 e. The first-order chi connectivity index (χ1) is 13.0. The van der Waals surface area contributed by atoms with Crippen LogP contribution < -0.4 is 15.5 Å². The van der Waals surface area contributed by atoms with Crippen molar-refractivity contribution in [1.29, 1.82) is 0 Å². The van der Waals surface area contributed by atoms with Crippen LogP contribution in [0, 0.1) is 19.8 Å². The molecule has 1 saturated heterocycles. The second-order valence-corrected chi connectivity index (χ2v) is 7.65. The van der Waals surface area contributed by atoms with E-state index in [0.29, 0.717) is 12.5 Å². The minimum atomic E-state index is -0.161. The van der Waals surface area contributed by atoms with Gasteiger partial charge in [-0.05, 0) is 63.3 Å². The van der Waals surface area contributed by atoms with Gasteiger partial charge in [0.2, 0.25) is 0 Å². The van der Waals surface area contributed by atoms with Crippen LogP contribution in [0.3, 0.4) is 0 Å². The van der Waals surface area contributed by atoms with Crippen molar-refractivity contribution in [3.05, 3.63) is 41.7 Å². The van der Waals surface area contributed by atoms with Gasteiger partial charge in [-0.15, -0.1) is 0 Å². The molecule has 6 nitrogen and oxygen atoms in total. The number of nitrogens with one attached hydrogen (secondary N) is 2. The Kier molecular flexibility index (Phi) is 6.37. The number of hydrogen-bond donors (Lipinski definition) is 2. The molecule has 1 fully saturated rings. The number of hydrogen-bond acceptors (Lipinski definition) is 3. The molecule has 2 amide bonds. The van der Waals surface area contributed by atoms with Gasteiger partial charge in [-0.2, -0.15) is 5.10 Å². The fraction of sp³-hybridized carbons (Fsp3) is 0.524. The van der Waals surface area contributed by atoms with Crippen molar-refractivity contribution in [2.75, 3.05) is 29.9 Å². The summed E-state index contributed by atoms with van der Waals surface area (Å²) in [4.78, 5) is 14.7. The van der Waals surface area contributed by atoms with Crippen LogP contribution in [0.2, 0.25) is 0 Å². The number of carbonyl (C=O) groups excluding carboxylic acids is 1. The highest BCUT2D eigenvalue weighted by atomic mass is 16.2. The number of urea groups is 1. The highest BCUT2D eigenvalue weighted by Crippen LogP contribution is 2.23. The first-order valence-corrected chi connectivity index (χ1v) is 9.92. The predicted molar refractivity (Wildman–Crippen MR) is 110 cm³/mol. The lowest BCUT2D eigenvalue weighted by Gasteiger charge is -2.29. The van der Waals surface area contributed by atoms with E-state index in [4.69, 9.17) is 0 Å². The Hall–Kier alpha value is -2.50. The number of aromatic nitrogens is 2. The topological polar surface area (TPSA) is 62.2 Å². The fourth-order valence-electron chi connectivity index (χ4n) is 3.59. The van der Waals surface area contributed by atoms with Crippen molar-refractivity contribution >= 4 is 17.4 Å². The highest BCUT2D eigenvalue weighted by molar-refractivity contribution is 5.89. The monoisotopic (exact) mass is 369 g/mol. The second-order valence-electron chi connectivity index (χ2n) is 7.65. The van der Waals surface area contributed by atoms with Crippen LogP contribution in [0.25, 0.3) is 0 Å². The second kappa shape index (κ2) is 8.93. The van der Waals surface area contributed by atoms with E-state index in [0.717, 1.165) is 36.7 Å². The van der Waals surface area contributed by atoms with Crippen LogP contribution >= 0.6 is 0 Å². The van der Waals surface area contributed by atoms with Crippen LogP contribution in [0.1, 0.15) is 37.6 Å². The summed E-state index contributed by atoms with van der Waals surface area (Å²) in [5, 5.41) is 10.4. The van der Waals surface area contributed by atoms with Crippen molar-refractivity contribution in [1.82, 2.24) is 15.1 Å². The average Bonchev–Trinajstić information content (AvgIpc) is 2.98. The molecular formula is C21H31N5O. The number of amides is 2. The van der Waals surface area contributed by atoms with E-state index in [2.05, 4.69) is 52.7 Å². The number of benzene rings is 1. The standard InChI is InChI=1S/C21H31N5O/c1-16(15-26-18(3)12-17(2)24-26)14-22-21(27)23-19-8-7-9-20(13-19)25-10-5-4-6-11-25/h7-9,12-13,16H,4-6,10-11,14-15H2,1-3H3,(H2,22,23,27). The van der Waals surface area contributed by atoms with E-state index in [9.17, 15) is 4.79 Å². The maximum atomic E-state index is 12.3. The summed E-state index contributed by atoms with van der Waals surface area (Å²) >= 11 is 0. The Balaban J connectivity index is 1.48. The molecule has 146 valence electrons. The van der Waals surface area contributed by atoms with Gasteiger partial charge in [0.05, 0.1) is 5.69 Å². The van der Waals surface area contributed by atoms with Crippen molar-refractivity contribution in [2.24, 2.45) is 5.92 Å². The van der Waals surface area contributed by atoms with Gasteiger partial charge < -0.3 is 15.5 Å². The summed E-state index contributed by atoms with van der Waals surface area (Å²) in [6, 6.07) is 10.0. The quantitative estimate of drug-likeness (QED) is 0.810. The molecule has 1 aliphatic rings. The summed E-state index contributed by atoms with van der Waals surface area (Å²) in [7, 11) is 0. The maximum Gasteiger partial charge on any atom is 0.319 e. The van der Waals surface area contributed by atoms with Crippen LogP contribution in [0.5, 0.6) is 0 Å². The van der Waals surface area contributed by atoms with Gasteiger partial charge in [0.1, 0.15) is 0 Å². The summed E-state index contributed by atoms with van der Waals surface area (Å²) in [6.45, 7) is 9.77. The molecule has 0 saturated carbocycles. The number of rotatable bonds is 6. The van der Waals surface area contributed by atoms with Crippen molar-refractivity contribution < 1.29 is 4.79 Å². The average molecular weight is 370 g/mol. The van der Waals surface area contributed by atoms with Crippen molar-refractivity contribution in [2.45, 2.75) is 46.6 Å². The first kappa shape index (κ1) is 19.3. The summed E-state index contributed by atoms with van der Waals surface area (Å²) in [6.07, 6.45) is 3.79. The SMILES string of the molecule is Cc1cc(C)n(CC(C)CNC(=O)Nc2cccc(N3CCCCC3)c2)n1. The molecule has 0 radical (unpaired) electrons. The van der Waals surface area contributed by atoms with Crippen molar-refractivity contribution in [3.8, 4) is 0 Å². The maximum absolute atomic E-state index is 12.3. The molecule has 1 aromatic carbocycles. The van der Waals surface area contributed by atoms with Gasteiger partial charge in [0, 0.05) is 43.2 Å². The number of aryl methyl sites for hydroxylation is 2. The van der Waals surface area contributed by atoms with Gasteiger partial charge >= 0.3 is 6.03 Å². The molecule has 2 N–H and O–H groups in total. The Morgan fingerprint density at radius 3 is 2.67 bits per heavy atom.